The molecular weight excluding hydrogens is 214 g/mol. The quantitative estimate of drug-likeness (QED) is 0.765. The lowest BCUT2D eigenvalue weighted by atomic mass is 9.89. The molecule has 1 heterocycles. The zero-order valence-electron chi connectivity index (χ0n) is 11.1. The minimum absolute atomic E-state index is 0.489. The maximum Gasteiger partial charge on any atom is 0.0601 e. The van der Waals surface area contributed by atoms with E-state index in [1.807, 2.05) is 6.92 Å². The first-order valence-electron chi connectivity index (χ1n) is 6.46. The third kappa shape index (κ3) is 3.30. The Balaban J connectivity index is 1.59. The summed E-state index contributed by atoms with van der Waals surface area (Å²) in [6.45, 7) is 6.23. The number of methoxy groups -OCH3 is 1. The van der Waals surface area contributed by atoms with Crippen LogP contribution in [0.3, 0.4) is 0 Å². The van der Waals surface area contributed by atoms with E-state index >= 15 is 0 Å². The number of nitrogens with zero attached hydrogens (tertiary/aromatic N) is 2. The smallest absolute Gasteiger partial charge is 0.0601 e. The molecule has 1 aromatic rings. The molecule has 1 N–H and O–H groups in total. The summed E-state index contributed by atoms with van der Waals surface area (Å²) < 4.78 is 7.35. The second-order valence-electron chi connectivity index (χ2n) is 4.98. The molecular formula is C13H23N3O. The predicted octanol–water partition coefficient (Wildman–Crippen LogP) is 1.66. The van der Waals surface area contributed by atoms with Gasteiger partial charge in [-0.05, 0) is 45.7 Å². The van der Waals surface area contributed by atoms with Crippen LogP contribution in [0.5, 0.6) is 0 Å². The van der Waals surface area contributed by atoms with Crippen molar-refractivity contribution in [2.45, 2.75) is 51.8 Å². The fourth-order valence-electron chi connectivity index (χ4n) is 2.36. The molecule has 4 heteroatoms. The first-order chi connectivity index (χ1) is 8.19. The van der Waals surface area contributed by atoms with Crippen LogP contribution in [0.25, 0.3) is 0 Å². The number of hydrogen-bond donors (Lipinski definition) is 1. The van der Waals surface area contributed by atoms with Crippen LogP contribution in [-0.2, 0) is 11.3 Å². The predicted molar refractivity (Wildman–Crippen MR) is 68.1 cm³/mol. The van der Waals surface area contributed by atoms with E-state index in [-0.39, 0.29) is 0 Å². The van der Waals surface area contributed by atoms with Crippen molar-refractivity contribution in [3.05, 3.63) is 17.5 Å². The number of nitrogens with one attached hydrogen (secondary N) is 1. The topological polar surface area (TPSA) is 39.1 Å². The highest BCUT2D eigenvalue weighted by molar-refractivity contribution is 5.06. The van der Waals surface area contributed by atoms with Gasteiger partial charge in [0.25, 0.3) is 0 Å². The van der Waals surface area contributed by atoms with Gasteiger partial charge in [-0.1, -0.05) is 0 Å². The van der Waals surface area contributed by atoms with Crippen molar-refractivity contribution in [1.82, 2.24) is 15.1 Å². The third-order valence-corrected chi connectivity index (χ3v) is 3.51. The summed E-state index contributed by atoms with van der Waals surface area (Å²) in [4.78, 5) is 0. The van der Waals surface area contributed by atoms with E-state index < -0.39 is 0 Å². The van der Waals surface area contributed by atoms with Crippen LogP contribution in [0.2, 0.25) is 0 Å². The summed E-state index contributed by atoms with van der Waals surface area (Å²) in [6.07, 6.45) is 3.95. The number of aromatic nitrogens is 2. The van der Waals surface area contributed by atoms with Gasteiger partial charge in [-0.3, -0.25) is 4.68 Å². The average Bonchev–Trinajstić information content (AvgIpc) is 2.54. The number of ether oxygens (including phenoxy) is 1. The van der Waals surface area contributed by atoms with Gasteiger partial charge in [0.2, 0.25) is 0 Å². The minimum atomic E-state index is 0.489. The first kappa shape index (κ1) is 12.6. The van der Waals surface area contributed by atoms with E-state index in [0.717, 1.165) is 38.0 Å². The molecule has 0 unspecified atom stereocenters. The van der Waals surface area contributed by atoms with E-state index in [2.05, 4.69) is 28.1 Å². The van der Waals surface area contributed by atoms with E-state index in [1.54, 1.807) is 7.11 Å². The molecule has 96 valence electrons. The molecule has 17 heavy (non-hydrogen) atoms. The van der Waals surface area contributed by atoms with Gasteiger partial charge in [0.1, 0.15) is 0 Å². The molecule has 2 rings (SSSR count). The molecule has 0 amide bonds. The highest BCUT2D eigenvalue weighted by Gasteiger charge is 2.27. The third-order valence-electron chi connectivity index (χ3n) is 3.51. The minimum Gasteiger partial charge on any atom is -0.381 e. The Morgan fingerprint density at radius 1 is 1.47 bits per heavy atom. The van der Waals surface area contributed by atoms with Gasteiger partial charge >= 0.3 is 0 Å². The number of hydrogen-bond acceptors (Lipinski definition) is 3. The van der Waals surface area contributed by atoms with Crippen LogP contribution in [-0.4, -0.2) is 35.6 Å². The van der Waals surface area contributed by atoms with Crippen LogP contribution in [0, 0.1) is 13.8 Å². The second kappa shape index (κ2) is 5.65. The van der Waals surface area contributed by atoms with Crippen LogP contribution < -0.4 is 5.32 Å². The number of rotatable bonds is 6. The summed E-state index contributed by atoms with van der Waals surface area (Å²) >= 11 is 0. The van der Waals surface area contributed by atoms with E-state index in [4.69, 9.17) is 4.74 Å². The summed E-state index contributed by atoms with van der Waals surface area (Å²) in [7, 11) is 1.80. The molecule has 1 aromatic heterocycles. The fraction of sp³-hybridized carbons (Fsp3) is 0.769. The molecule has 0 spiro atoms. The van der Waals surface area contributed by atoms with Crippen molar-refractivity contribution in [2.24, 2.45) is 0 Å². The SMILES string of the molecule is COC1CC(NCCCn2nc(C)cc2C)C1. The van der Waals surface area contributed by atoms with Gasteiger partial charge in [0.15, 0.2) is 0 Å². The van der Waals surface area contributed by atoms with Crippen LogP contribution in [0.4, 0.5) is 0 Å². The zero-order valence-corrected chi connectivity index (χ0v) is 11.1. The Morgan fingerprint density at radius 2 is 2.24 bits per heavy atom. The second-order valence-corrected chi connectivity index (χ2v) is 4.98. The van der Waals surface area contributed by atoms with Gasteiger partial charge in [0, 0.05) is 25.4 Å². The van der Waals surface area contributed by atoms with Crippen molar-refractivity contribution >= 4 is 0 Å². The standard InChI is InChI=1S/C13H23N3O/c1-10-7-11(2)16(15-10)6-4-5-14-12-8-13(9-12)17-3/h7,12-14H,4-6,8-9H2,1-3H3. The van der Waals surface area contributed by atoms with Crippen molar-refractivity contribution in [3.8, 4) is 0 Å². The van der Waals surface area contributed by atoms with Gasteiger partial charge in [-0.15, -0.1) is 0 Å². The molecule has 0 aromatic carbocycles. The molecule has 1 fully saturated rings. The lowest BCUT2D eigenvalue weighted by Crippen LogP contribution is -2.45. The summed E-state index contributed by atoms with van der Waals surface area (Å²) in [5.74, 6) is 0. The summed E-state index contributed by atoms with van der Waals surface area (Å²) in [5, 5.41) is 8.01. The monoisotopic (exact) mass is 237 g/mol. The molecule has 1 aliphatic carbocycles. The van der Waals surface area contributed by atoms with Crippen LogP contribution in [0.15, 0.2) is 6.07 Å². The van der Waals surface area contributed by atoms with Crippen molar-refractivity contribution in [3.63, 3.8) is 0 Å². The van der Waals surface area contributed by atoms with Crippen LogP contribution in [0.1, 0.15) is 30.7 Å². The van der Waals surface area contributed by atoms with Crippen molar-refractivity contribution < 1.29 is 4.74 Å². The Morgan fingerprint density at radius 3 is 2.82 bits per heavy atom. The highest BCUT2D eigenvalue weighted by Crippen LogP contribution is 2.22. The van der Waals surface area contributed by atoms with E-state index in [9.17, 15) is 0 Å². The molecule has 0 radical (unpaired) electrons. The summed E-state index contributed by atoms with van der Waals surface area (Å²) in [6, 6.07) is 2.79. The lowest BCUT2D eigenvalue weighted by molar-refractivity contribution is 0.0174. The van der Waals surface area contributed by atoms with Crippen molar-refractivity contribution in [1.29, 1.82) is 0 Å². The lowest BCUT2D eigenvalue weighted by Gasteiger charge is -2.34. The summed E-state index contributed by atoms with van der Waals surface area (Å²) in [5.41, 5.74) is 2.36. The highest BCUT2D eigenvalue weighted by atomic mass is 16.5. The molecule has 4 nitrogen and oxygen atoms in total. The zero-order chi connectivity index (χ0) is 12.3. The first-order valence-corrected chi connectivity index (χ1v) is 6.46. The molecule has 0 aliphatic heterocycles. The normalized spacial score (nSPS) is 23.7. The average molecular weight is 237 g/mol. The van der Waals surface area contributed by atoms with E-state index in [0.29, 0.717) is 12.1 Å². The van der Waals surface area contributed by atoms with Gasteiger partial charge in [0.05, 0.1) is 11.8 Å². The largest absolute Gasteiger partial charge is 0.381 e. The fourth-order valence-corrected chi connectivity index (χ4v) is 2.36. The molecule has 1 saturated carbocycles. The van der Waals surface area contributed by atoms with Gasteiger partial charge < -0.3 is 10.1 Å². The Kier molecular flexibility index (Phi) is 4.18. The van der Waals surface area contributed by atoms with Crippen molar-refractivity contribution in [2.75, 3.05) is 13.7 Å². The Hall–Kier alpha value is -0.870. The Labute approximate surface area is 103 Å². The number of aryl methyl sites for hydroxylation is 3. The van der Waals surface area contributed by atoms with E-state index in [1.165, 1.54) is 5.69 Å². The van der Waals surface area contributed by atoms with Gasteiger partial charge in [-0.25, -0.2) is 0 Å². The van der Waals surface area contributed by atoms with Crippen LogP contribution >= 0.6 is 0 Å². The maximum atomic E-state index is 5.26. The molecule has 0 atom stereocenters. The molecule has 0 bridgehead atoms. The molecule has 1 aliphatic rings. The molecule has 0 saturated heterocycles. The van der Waals surface area contributed by atoms with Gasteiger partial charge in [-0.2, -0.15) is 5.10 Å². The maximum absolute atomic E-state index is 5.26. The Bertz CT molecular complexity index is 356.